The highest BCUT2D eigenvalue weighted by molar-refractivity contribution is 7.90. The molecule has 0 saturated carbocycles. The summed E-state index contributed by atoms with van der Waals surface area (Å²) >= 11 is 0. The molecule has 0 bridgehead atoms. The Morgan fingerprint density at radius 1 is 0.672 bits per heavy atom. The van der Waals surface area contributed by atoms with Crippen LogP contribution in [0.25, 0.3) is 0 Å². The third-order valence-electron chi connectivity index (χ3n) is 9.79. The van der Waals surface area contributed by atoms with Crippen LogP contribution in [0.15, 0.2) is 30.5 Å². The second kappa shape index (κ2) is 22.9. The second-order valence-electron chi connectivity index (χ2n) is 16.2. The van der Waals surface area contributed by atoms with Crippen LogP contribution in [-0.2, 0) is 39.1 Å². The third-order valence-corrected chi connectivity index (χ3v) is 13.5. The van der Waals surface area contributed by atoms with E-state index in [-0.39, 0.29) is 36.2 Å². The van der Waals surface area contributed by atoms with Crippen LogP contribution in [0, 0.1) is 13.8 Å². The second-order valence-corrected chi connectivity index (χ2v) is 20.8. The maximum Gasteiger partial charge on any atom is 0.224 e. The molecular weight excluding hydrogens is 783 g/mol. The number of sulfonamides is 2. The monoisotopic (exact) mass is 851 g/mol. The highest BCUT2D eigenvalue weighted by Gasteiger charge is 2.25. The molecule has 0 unspecified atom stereocenters. The van der Waals surface area contributed by atoms with Crippen molar-refractivity contribution in [2.24, 2.45) is 0 Å². The van der Waals surface area contributed by atoms with E-state index in [1.807, 2.05) is 38.1 Å². The average molecular weight is 852 g/mol. The number of amides is 2. The van der Waals surface area contributed by atoms with Crippen molar-refractivity contribution in [2.45, 2.75) is 143 Å². The summed E-state index contributed by atoms with van der Waals surface area (Å²) in [6.07, 6.45) is 5.56. The van der Waals surface area contributed by atoms with Crippen LogP contribution >= 0.6 is 0 Å². The Hall–Kier alpha value is -3.35. The van der Waals surface area contributed by atoms with Gasteiger partial charge in [-0.25, -0.2) is 31.3 Å². The molecule has 58 heavy (non-hydrogen) atoms. The molecule has 2 saturated heterocycles. The minimum Gasteiger partial charge on any atom is -0.372 e. The van der Waals surface area contributed by atoms with Gasteiger partial charge in [0.2, 0.25) is 31.9 Å². The Bertz CT molecular complexity index is 1800. The Balaban J connectivity index is 0.000000311. The molecule has 3 heterocycles. The molecule has 2 fully saturated rings. The van der Waals surface area contributed by atoms with E-state index in [4.69, 9.17) is 9.47 Å². The number of hydrogen-bond acceptors (Lipinski definition) is 11. The molecule has 4 rings (SSSR count). The summed E-state index contributed by atoms with van der Waals surface area (Å²) in [5, 5.41) is 4.91. The molecular formula is C41H69N7O8S2. The highest BCUT2D eigenvalue weighted by atomic mass is 32.2. The van der Waals surface area contributed by atoms with Crippen molar-refractivity contribution in [2.75, 3.05) is 59.7 Å². The zero-order chi connectivity index (χ0) is 43.2. The van der Waals surface area contributed by atoms with E-state index in [2.05, 4.69) is 62.6 Å². The smallest absolute Gasteiger partial charge is 0.224 e. The zero-order valence-electron chi connectivity index (χ0n) is 36.3. The molecule has 2 aliphatic rings. The van der Waals surface area contributed by atoms with Crippen LogP contribution in [0.1, 0.15) is 105 Å². The average Bonchev–Trinajstić information content (AvgIpc) is 3.10. The molecule has 2 aromatic rings. The number of nitrogens with one attached hydrogen (secondary N) is 4. The Morgan fingerprint density at radius 3 is 1.48 bits per heavy atom. The van der Waals surface area contributed by atoms with Gasteiger partial charge in [-0.3, -0.25) is 9.59 Å². The molecule has 0 radical (unpaired) electrons. The number of aromatic nitrogens is 1. The van der Waals surface area contributed by atoms with Gasteiger partial charge in [0.25, 0.3) is 0 Å². The topological polar surface area (TPSA) is 188 Å². The number of aryl methyl sites for hydroxylation is 2. The van der Waals surface area contributed by atoms with Crippen molar-refractivity contribution in [1.29, 1.82) is 0 Å². The van der Waals surface area contributed by atoms with Crippen LogP contribution in [-0.4, -0.2) is 108 Å². The molecule has 17 heteroatoms. The lowest BCUT2D eigenvalue weighted by Gasteiger charge is -2.38. The SMILES string of the molecule is CC(C)S(=O)(=O)NCCCCC(=O)Nc1ccc(N2C[C@@H](C)O[C@@H](C)C2)nc1.Cc1cc(NC(=O)CCCCNS(=O)(=O)C(C)C)cc(C)c1N1C[C@@H](C)O[C@@H](C)C1. The Morgan fingerprint density at radius 2 is 1.09 bits per heavy atom. The number of nitrogens with zero attached hydrogens (tertiary/aromatic N) is 3. The minimum absolute atomic E-state index is 0.0538. The fourth-order valence-electron chi connectivity index (χ4n) is 6.93. The number of ether oxygens (including phenoxy) is 2. The van der Waals surface area contributed by atoms with Crippen LogP contribution in [0.4, 0.5) is 22.9 Å². The molecule has 0 aliphatic carbocycles. The molecule has 4 N–H and O–H groups in total. The van der Waals surface area contributed by atoms with Gasteiger partial charge in [0.1, 0.15) is 5.82 Å². The van der Waals surface area contributed by atoms with Crippen molar-refractivity contribution >= 4 is 54.7 Å². The summed E-state index contributed by atoms with van der Waals surface area (Å²) in [6, 6.07) is 7.78. The number of carbonyl (C=O) groups is 2. The largest absolute Gasteiger partial charge is 0.372 e. The summed E-state index contributed by atoms with van der Waals surface area (Å²) in [4.78, 5) is 33.4. The lowest BCUT2D eigenvalue weighted by molar-refractivity contribution is -0.117. The van der Waals surface area contributed by atoms with Gasteiger partial charge in [0, 0.05) is 63.5 Å². The summed E-state index contributed by atoms with van der Waals surface area (Å²) in [5.41, 5.74) is 4.94. The standard InChI is InChI=1S/C22H37N3O4S.C19H32N4O4S/c1-15(2)30(27,28)23-10-8-7-9-21(26)24-20-11-16(3)22(17(4)12-20)25-13-18(5)29-19(6)14-25;1-14(2)28(25,26)21-10-6-5-7-19(24)22-17-8-9-18(20-11-17)23-12-15(3)27-16(4)13-23/h11-12,15,18-19,23H,7-10,13-14H2,1-6H3,(H,24,26);8-9,11,14-16,21H,5-7,10,12-13H2,1-4H3,(H,22,24)/t18-,19+;15-,16+. The van der Waals surface area contributed by atoms with Gasteiger partial charge in [0.15, 0.2) is 0 Å². The minimum atomic E-state index is -3.24. The van der Waals surface area contributed by atoms with E-state index in [9.17, 15) is 26.4 Å². The van der Waals surface area contributed by atoms with Crippen LogP contribution < -0.4 is 29.9 Å². The maximum atomic E-state index is 12.3. The van der Waals surface area contributed by atoms with Gasteiger partial charge >= 0.3 is 0 Å². The van der Waals surface area contributed by atoms with Crippen molar-refractivity contribution in [3.05, 3.63) is 41.6 Å². The first-order chi connectivity index (χ1) is 27.2. The first-order valence-electron chi connectivity index (χ1n) is 20.6. The van der Waals surface area contributed by atoms with E-state index >= 15 is 0 Å². The predicted molar refractivity (Wildman–Crippen MR) is 234 cm³/mol. The molecule has 1 aromatic heterocycles. The van der Waals surface area contributed by atoms with Crippen molar-refractivity contribution in [3.63, 3.8) is 0 Å². The Kier molecular flexibility index (Phi) is 19.3. The summed E-state index contributed by atoms with van der Waals surface area (Å²) in [5.74, 6) is 0.717. The molecule has 1 aromatic carbocycles. The molecule has 0 spiro atoms. The Labute approximate surface area is 347 Å². The first-order valence-corrected chi connectivity index (χ1v) is 23.7. The first kappa shape index (κ1) is 49.0. The number of benzene rings is 1. The fraction of sp³-hybridized carbons (Fsp3) is 0.683. The van der Waals surface area contributed by atoms with E-state index in [1.165, 1.54) is 5.69 Å². The van der Waals surface area contributed by atoms with Gasteiger partial charge in [-0.05, 0) is 130 Å². The van der Waals surface area contributed by atoms with Crippen LogP contribution in [0.2, 0.25) is 0 Å². The van der Waals surface area contributed by atoms with Gasteiger partial charge in [-0.15, -0.1) is 0 Å². The van der Waals surface area contributed by atoms with E-state index in [0.29, 0.717) is 57.3 Å². The van der Waals surface area contributed by atoms with Crippen LogP contribution in [0.5, 0.6) is 0 Å². The molecule has 2 amide bonds. The molecule has 328 valence electrons. The summed E-state index contributed by atoms with van der Waals surface area (Å²) < 4.78 is 63.4. The number of morpholine rings is 2. The van der Waals surface area contributed by atoms with Crippen LogP contribution in [0.3, 0.4) is 0 Å². The normalized spacial score (nSPS) is 20.1. The quantitative estimate of drug-likeness (QED) is 0.139. The summed E-state index contributed by atoms with van der Waals surface area (Å²) in [6.45, 7) is 23.0. The number of carbonyl (C=O) groups excluding carboxylic acids is 2. The maximum absolute atomic E-state index is 12.3. The van der Waals surface area contributed by atoms with Crippen molar-refractivity contribution in [3.8, 4) is 0 Å². The number of rotatable bonds is 18. The zero-order valence-corrected chi connectivity index (χ0v) is 37.9. The molecule has 2 aliphatic heterocycles. The lowest BCUT2D eigenvalue weighted by atomic mass is 10.0. The lowest BCUT2D eigenvalue weighted by Crippen LogP contribution is -2.46. The number of pyridine rings is 1. The fourth-order valence-corrected chi connectivity index (χ4v) is 8.45. The predicted octanol–water partition coefficient (Wildman–Crippen LogP) is 5.49. The number of hydrogen-bond donors (Lipinski definition) is 4. The van der Waals surface area contributed by atoms with Gasteiger partial charge < -0.3 is 29.9 Å². The van der Waals surface area contributed by atoms with Crippen molar-refractivity contribution in [1.82, 2.24) is 14.4 Å². The van der Waals surface area contributed by atoms with E-state index < -0.39 is 30.5 Å². The van der Waals surface area contributed by atoms with E-state index in [1.54, 1.807) is 33.9 Å². The third kappa shape index (κ3) is 16.4. The highest BCUT2D eigenvalue weighted by Crippen LogP contribution is 2.31. The van der Waals surface area contributed by atoms with Crippen molar-refractivity contribution < 1.29 is 35.9 Å². The van der Waals surface area contributed by atoms with E-state index in [0.717, 1.165) is 48.8 Å². The van der Waals surface area contributed by atoms with Gasteiger partial charge in [0.05, 0.1) is 46.8 Å². The molecule has 15 nitrogen and oxygen atoms in total. The number of anilines is 4. The molecule has 4 atom stereocenters. The van der Waals surface area contributed by atoms with Gasteiger partial charge in [-0.2, -0.15) is 0 Å². The summed E-state index contributed by atoms with van der Waals surface area (Å²) in [7, 11) is -6.48. The van der Waals surface area contributed by atoms with Gasteiger partial charge in [-0.1, -0.05) is 0 Å². The number of unbranched alkanes of at least 4 members (excludes halogenated alkanes) is 2.